The number of pyridine rings is 1. The summed E-state index contributed by atoms with van der Waals surface area (Å²) in [7, 11) is 0. The summed E-state index contributed by atoms with van der Waals surface area (Å²) in [5.74, 6) is -0.966. The van der Waals surface area contributed by atoms with Crippen LogP contribution in [0.25, 0.3) is 10.9 Å². The van der Waals surface area contributed by atoms with Crippen molar-refractivity contribution in [3.63, 3.8) is 0 Å². The predicted octanol–water partition coefficient (Wildman–Crippen LogP) is 3.08. The lowest BCUT2D eigenvalue weighted by molar-refractivity contribution is -0.138. The third-order valence-corrected chi connectivity index (χ3v) is 3.49. The van der Waals surface area contributed by atoms with Gasteiger partial charge >= 0.3 is 5.97 Å². The molecule has 2 unspecified atom stereocenters. The largest absolute Gasteiger partial charge is 0.481 e. The fourth-order valence-electron chi connectivity index (χ4n) is 2.13. The Morgan fingerprint density at radius 2 is 2.18 bits per heavy atom. The zero-order valence-corrected chi connectivity index (χ0v) is 9.69. The Hall–Kier alpha value is -1.61. The molecule has 0 amide bonds. The second-order valence-electron chi connectivity index (χ2n) is 4.33. The molecule has 0 spiro atoms. The zero-order valence-electron chi connectivity index (χ0n) is 8.93. The molecule has 17 heavy (non-hydrogen) atoms. The maximum Gasteiger partial charge on any atom is 0.307 e. The van der Waals surface area contributed by atoms with Crippen molar-refractivity contribution in [3.8, 4) is 0 Å². The van der Waals surface area contributed by atoms with Crippen LogP contribution < -0.4 is 0 Å². The van der Waals surface area contributed by atoms with Crippen LogP contribution in [-0.2, 0) is 4.79 Å². The summed E-state index contributed by atoms with van der Waals surface area (Å²) < 4.78 is 0. The molecule has 3 nitrogen and oxygen atoms in total. The molecule has 0 saturated heterocycles. The summed E-state index contributed by atoms with van der Waals surface area (Å²) >= 11 is 6.07. The van der Waals surface area contributed by atoms with E-state index in [1.807, 2.05) is 24.3 Å². The molecule has 4 heteroatoms. The number of para-hydroxylation sites is 1. The van der Waals surface area contributed by atoms with E-state index < -0.39 is 5.97 Å². The van der Waals surface area contributed by atoms with E-state index in [0.29, 0.717) is 11.4 Å². The molecule has 86 valence electrons. The van der Waals surface area contributed by atoms with Crippen molar-refractivity contribution < 1.29 is 9.90 Å². The number of hydrogen-bond acceptors (Lipinski definition) is 2. The Morgan fingerprint density at radius 3 is 2.88 bits per heavy atom. The van der Waals surface area contributed by atoms with Crippen molar-refractivity contribution in [1.82, 2.24) is 4.98 Å². The number of carboxylic acid groups (broad SMARTS) is 1. The third kappa shape index (κ3) is 1.76. The summed E-state index contributed by atoms with van der Waals surface area (Å²) in [6, 6.07) is 9.46. The first-order chi connectivity index (χ1) is 8.16. The van der Waals surface area contributed by atoms with E-state index in [1.54, 1.807) is 6.07 Å². The van der Waals surface area contributed by atoms with Crippen molar-refractivity contribution in [2.75, 3.05) is 0 Å². The molecule has 3 rings (SSSR count). The molecule has 1 aromatic carbocycles. The minimum atomic E-state index is -0.740. The van der Waals surface area contributed by atoms with Crippen molar-refractivity contribution in [2.45, 2.75) is 12.3 Å². The van der Waals surface area contributed by atoms with Crippen LogP contribution in [0.2, 0.25) is 5.02 Å². The molecule has 0 bridgehead atoms. The highest BCUT2D eigenvalue weighted by atomic mass is 35.5. The van der Waals surface area contributed by atoms with Gasteiger partial charge in [0.25, 0.3) is 0 Å². The van der Waals surface area contributed by atoms with Gasteiger partial charge in [-0.25, -0.2) is 0 Å². The van der Waals surface area contributed by atoms with Crippen LogP contribution in [-0.4, -0.2) is 16.1 Å². The number of aliphatic carboxylic acids is 1. The van der Waals surface area contributed by atoms with E-state index in [0.717, 1.165) is 16.6 Å². The van der Waals surface area contributed by atoms with E-state index >= 15 is 0 Å². The molecule has 1 fully saturated rings. The van der Waals surface area contributed by atoms with Crippen LogP contribution in [0.1, 0.15) is 18.0 Å². The maximum atomic E-state index is 10.8. The standard InChI is InChI=1S/C13H10ClNO2/c14-10-3-1-2-7-4-5-11(15-12(7)10)8-6-9(8)13(16)17/h1-5,8-9H,6H2,(H,16,17). The number of nitrogens with zero attached hydrogens (tertiary/aromatic N) is 1. The van der Waals surface area contributed by atoms with Gasteiger partial charge in [-0.1, -0.05) is 29.8 Å². The highest BCUT2D eigenvalue weighted by Crippen LogP contribution is 2.47. The number of aromatic nitrogens is 1. The summed E-state index contributed by atoms with van der Waals surface area (Å²) in [6.07, 6.45) is 0.679. The Morgan fingerprint density at radius 1 is 1.35 bits per heavy atom. The second-order valence-corrected chi connectivity index (χ2v) is 4.74. The number of benzene rings is 1. The van der Waals surface area contributed by atoms with Gasteiger partial charge in [-0.05, 0) is 18.6 Å². The van der Waals surface area contributed by atoms with Crippen molar-refractivity contribution >= 4 is 28.5 Å². The first-order valence-corrected chi connectivity index (χ1v) is 5.82. The summed E-state index contributed by atoms with van der Waals surface area (Å²) in [5, 5.41) is 10.5. The molecule has 0 radical (unpaired) electrons. The molecule has 1 aliphatic rings. The van der Waals surface area contributed by atoms with E-state index in [-0.39, 0.29) is 11.8 Å². The topological polar surface area (TPSA) is 50.2 Å². The summed E-state index contributed by atoms with van der Waals surface area (Å²) in [5.41, 5.74) is 1.58. The van der Waals surface area contributed by atoms with E-state index in [2.05, 4.69) is 4.98 Å². The number of fused-ring (bicyclic) bond motifs is 1. The molecule has 2 atom stereocenters. The normalized spacial score (nSPS) is 22.6. The molecule has 2 aromatic rings. The third-order valence-electron chi connectivity index (χ3n) is 3.18. The van der Waals surface area contributed by atoms with E-state index in [9.17, 15) is 4.79 Å². The molecule has 1 heterocycles. The van der Waals surface area contributed by atoms with Crippen LogP contribution in [0, 0.1) is 5.92 Å². The van der Waals surface area contributed by atoms with E-state index in [1.165, 1.54) is 0 Å². The summed E-state index contributed by atoms with van der Waals surface area (Å²) in [6.45, 7) is 0. The highest BCUT2D eigenvalue weighted by molar-refractivity contribution is 6.35. The van der Waals surface area contributed by atoms with Crippen molar-refractivity contribution in [1.29, 1.82) is 0 Å². The number of carbonyl (C=O) groups is 1. The molecule has 1 saturated carbocycles. The average Bonchev–Trinajstić information content (AvgIpc) is 3.09. The predicted molar refractivity (Wildman–Crippen MR) is 65.2 cm³/mol. The van der Waals surface area contributed by atoms with Gasteiger partial charge in [-0.15, -0.1) is 0 Å². The average molecular weight is 248 g/mol. The van der Waals surface area contributed by atoms with Crippen LogP contribution in [0.3, 0.4) is 0 Å². The van der Waals surface area contributed by atoms with Crippen LogP contribution >= 0.6 is 11.6 Å². The van der Waals surface area contributed by atoms with Gasteiger partial charge in [0.2, 0.25) is 0 Å². The van der Waals surface area contributed by atoms with Crippen LogP contribution in [0.5, 0.6) is 0 Å². The van der Waals surface area contributed by atoms with E-state index in [4.69, 9.17) is 16.7 Å². The molecular formula is C13H10ClNO2. The van der Waals surface area contributed by atoms with Crippen molar-refractivity contribution in [3.05, 3.63) is 41.0 Å². The van der Waals surface area contributed by atoms with Gasteiger partial charge in [0.05, 0.1) is 16.5 Å². The molecule has 1 aromatic heterocycles. The first-order valence-electron chi connectivity index (χ1n) is 5.45. The molecule has 0 aliphatic heterocycles. The first kappa shape index (κ1) is 10.5. The number of halogens is 1. The SMILES string of the molecule is O=C(O)C1CC1c1ccc2cccc(Cl)c2n1. The smallest absolute Gasteiger partial charge is 0.307 e. The van der Waals surface area contributed by atoms with Crippen LogP contribution in [0.15, 0.2) is 30.3 Å². The van der Waals surface area contributed by atoms with Gasteiger partial charge in [-0.2, -0.15) is 0 Å². The highest BCUT2D eigenvalue weighted by Gasteiger charge is 2.45. The zero-order chi connectivity index (χ0) is 12.0. The number of carboxylic acids is 1. The lowest BCUT2D eigenvalue weighted by atomic mass is 10.1. The van der Waals surface area contributed by atoms with Crippen LogP contribution in [0.4, 0.5) is 0 Å². The Kier molecular flexibility index (Phi) is 2.30. The van der Waals surface area contributed by atoms with Gasteiger partial charge in [0.1, 0.15) is 0 Å². The fraction of sp³-hybridized carbons (Fsp3) is 0.231. The maximum absolute atomic E-state index is 10.8. The fourth-order valence-corrected chi connectivity index (χ4v) is 2.35. The minimum absolute atomic E-state index is 0.0492. The van der Waals surface area contributed by atoms with Gasteiger partial charge in [0, 0.05) is 17.0 Å². The quantitative estimate of drug-likeness (QED) is 0.887. The Bertz CT molecular complexity index is 611. The Labute approximate surface area is 103 Å². The monoisotopic (exact) mass is 247 g/mol. The summed E-state index contributed by atoms with van der Waals surface area (Å²) in [4.78, 5) is 15.3. The number of rotatable bonds is 2. The minimum Gasteiger partial charge on any atom is -0.481 e. The van der Waals surface area contributed by atoms with Gasteiger partial charge in [0.15, 0.2) is 0 Å². The second kappa shape index (κ2) is 3.70. The Balaban J connectivity index is 2.03. The lowest BCUT2D eigenvalue weighted by Gasteiger charge is -2.03. The molecule has 1 N–H and O–H groups in total. The molecule has 1 aliphatic carbocycles. The van der Waals surface area contributed by atoms with Gasteiger partial charge in [-0.3, -0.25) is 9.78 Å². The number of hydrogen-bond donors (Lipinski definition) is 1. The van der Waals surface area contributed by atoms with Gasteiger partial charge < -0.3 is 5.11 Å². The molecular weight excluding hydrogens is 238 g/mol. The van der Waals surface area contributed by atoms with Crippen molar-refractivity contribution in [2.24, 2.45) is 5.92 Å². The lowest BCUT2D eigenvalue weighted by Crippen LogP contribution is -2.00.